The number of ether oxygens (including phenoxy) is 2. The maximum atomic E-state index is 8.99. The number of hydrogen-bond acceptors (Lipinski definition) is 4. The highest BCUT2D eigenvalue weighted by Crippen LogP contribution is 2.46. The molecule has 4 aromatic rings. The molecule has 0 fully saturated rings. The van der Waals surface area contributed by atoms with Crippen molar-refractivity contribution in [3.05, 3.63) is 96.1 Å². The van der Waals surface area contributed by atoms with Crippen molar-refractivity contribution < 1.29 is 19.7 Å². The monoisotopic (exact) mass is 494 g/mol. The largest absolute Gasteiger partial charge is 0.494 e. The lowest BCUT2D eigenvalue weighted by molar-refractivity contribution is 0.253. The molecule has 0 unspecified atom stereocenters. The molecule has 37 heavy (non-hydrogen) atoms. The summed E-state index contributed by atoms with van der Waals surface area (Å²) in [4.78, 5) is 0. The first-order valence-corrected chi connectivity index (χ1v) is 13.2. The zero-order chi connectivity index (χ0) is 25.5. The Morgan fingerprint density at radius 2 is 1.11 bits per heavy atom. The van der Waals surface area contributed by atoms with Crippen LogP contribution >= 0.6 is 0 Å². The van der Waals surface area contributed by atoms with Crippen molar-refractivity contribution in [1.82, 2.24) is 0 Å². The van der Waals surface area contributed by atoms with Crippen LogP contribution in [0.3, 0.4) is 0 Å². The molecule has 4 nitrogen and oxygen atoms in total. The number of benzene rings is 4. The summed E-state index contributed by atoms with van der Waals surface area (Å²) in [5.74, 6) is 1.70. The van der Waals surface area contributed by atoms with Crippen LogP contribution in [0.2, 0.25) is 0 Å². The molecule has 0 atom stereocenters. The molecule has 0 radical (unpaired) electrons. The summed E-state index contributed by atoms with van der Waals surface area (Å²) in [5.41, 5.74) is 10.1. The van der Waals surface area contributed by atoms with Gasteiger partial charge in [0.15, 0.2) is 0 Å². The highest BCUT2D eigenvalue weighted by atomic mass is 16.5. The molecule has 0 heterocycles. The average molecular weight is 495 g/mol. The van der Waals surface area contributed by atoms with Gasteiger partial charge in [0.2, 0.25) is 0 Å². The molecule has 4 heteroatoms. The Bertz CT molecular complexity index is 1310. The lowest BCUT2D eigenvalue weighted by Crippen LogP contribution is -1.99. The molecule has 190 valence electrons. The molecule has 0 saturated carbocycles. The van der Waals surface area contributed by atoms with Crippen LogP contribution in [0.15, 0.2) is 84.9 Å². The van der Waals surface area contributed by atoms with Crippen molar-refractivity contribution in [2.24, 2.45) is 0 Å². The third kappa shape index (κ3) is 5.71. The predicted molar refractivity (Wildman–Crippen MR) is 149 cm³/mol. The predicted octanol–water partition coefficient (Wildman–Crippen LogP) is 6.89. The first kappa shape index (κ1) is 25.1. The van der Waals surface area contributed by atoms with Crippen LogP contribution in [0, 0.1) is 0 Å². The van der Waals surface area contributed by atoms with Gasteiger partial charge in [0.1, 0.15) is 11.5 Å². The molecule has 0 bridgehead atoms. The molecule has 4 aromatic carbocycles. The van der Waals surface area contributed by atoms with Crippen molar-refractivity contribution in [2.45, 2.75) is 32.1 Å². The van der Waals surface area contributed by atoms with E-state index in [0.717, 1.165) is 49.2 Å². The Labute approximate surface area is 219 Å². The summed E-state index contributed by atoms with van der Waals surface area (Å²) >= 11 is 0. The first-order chi connectivity index (χ1) is 18.3. The fourth-order valence-electron chi connectivity index (χ4n) is 5.04. The van der Waals surface area contributed by atoms with Gasteiger partial charge in [-0.25, -0.2) is 0 Å². The molecule has 2 N–H and O–H groups in total. The Kier molecular flexibility index (Phi) is 8.19. The molecule has 1 aliphatic carbocycles. The lowest BCUT2D eigenvalue weighted by atomic mass is 9.88. The molecule has 1 aliphatic rings. The van der Waals surface area contributed by atoms with Gasteiger partial charge < -0.3 is 19.7 Å². The summed E-state index contributed by atoms with van der Waals surface area (Å²) in [6.45, 7) is 1.61. The Balaban J connectivity index is 1.47. The van der Waals surface area contributed by atoms with E-state index in [1.807, 2.05) is 24.3 Å². The Morgan fingerprint density at radius 3 is 1.73 bits per heavy atom. The molecule has 0 spiro atoms. The SMILES string of the molecule is OCCCCOc1ccc(-c2ccc3c(c2-c2ccc(OCCCCO)cc2)Cc2ccccc2-3)cc1. The van der Waals surface area contributed by atoms with Crippen molar-refractivity contribution in [1.29, 1.82) is 0 Å². The zero-order valence-electron chi connectivity index (χ0n) is 21.2. The summed E-state index contributed by atoms with van der Waals surface area (Å²) in [5, 5.41) is 18.0. The van der Waals surface area contributed by atoms with Crippen LogP contribution in [0.1, 0.15) is 36.8 Å². The van der Waals surface area contributed by atoms with Gasteiger partial charge in [-0.2, -0.15) is 0 Å². The Morgan fingerprint density at radius 1 is 0.541 bits per heavy atom. The van der Waals surface area contributed by atoms with E-state index in [1.165, 1.54) is 38.9 Å². The van der Waals surface area contributed by atoms with E-state index >= 15 is 0 Å². The van der Waals surface area contributed by atoms with Gasteiger partial charge in [0, 0.05) is 13.2 Å². The summed E-state index contributed by atoms with van der Waals surface area (Å²) < 4.78 is 11.7. The smallest absolute Gasteiger partial charge is 0.119 e. The summed E-state index contributed by atoms with van der Waals surface area (Å²) in [7, 11) is 0. The lowest BCUT2D eigenvalue weighted by Gasteiger charge is -2.17. The van der Waals surface area contributed by atoms with E-state index in [9.17, 15) is 0 Å². The fraction of sp³-hybridized carbons (Fsp3) is 0.273. The molecule has 0 amide bonds. The third-order valence-electron chi connectivity index (χ3n) is 6.94. The number of aliphatic hydroxyl groups excluding tert-OH is 2. The normalized spacial score (nSPS) is 11.7. The maximum absolute atomic E-state index is 8.99. The number of fused-ring (bicyclic) bond motifs is 3. The van der Waals surface area contributed by atoms with Crippen molar-refractivity contribution in [3.8, 4) is 44.9 Å². The van der Waals surface area contributed by atoms with Gasteiger partial charge in [0.25, 0.3) is 0 Å². The van der Waals surface area contributed by atoms with Crippen molar-refractivity contribution >= 4 is 0 Å². The van der Waals surface area contributed by atoms with Crippen LogP contribution in [0.5, 0.6) is 11.5 Å². The summed E-state index contributed by atoms with van der Waals surface area (Å²) in [6, 6.07) is 29.9. The highest BCUT2D eigenvalue weighted by molar-refractivity contribution is 5.93. The second-order valence-electron chi connectivity index (χ2n) is 9.46. The number of aliphatic hydroxyl groups is 2. The number of unbranched alkanes of at least 4 members (excludes halogenated alkanes) is 2. The molecular weight excluding hydrogens is 460 g/mol. The average Bonchev–Trinajstić information content (AvgIpc) is 3.33. The second kappa shape index (κ2) is 12.1. The van der Waals surface area contributed by atoms with Crippen molar-refractivity contribution in [2.75, 3.05) is 26.4 Å². The van der Waals surface area contributed by atoms with Crippen LogP contribution in [-0.2, 0) is 6.42 Å². The van der Waals surface area contributed by atoms with Gasteiger partial charge in [-0.05, 0) is 101 Å². The fourth-order valence-corrected chi connectivity index (χ4v) is 5.04. The standard InChI is InChI=1S/C33H34O4/c34-19-3-5-21-36-27-13-9-24(10-14-27)30-17-18-31-29-8-2-1-7-26(29)23-32(31)33(30)25-11-15-28(16-12-25)37-22-6-4-20-35/h1-2,7-18,34-35H,3-6,19-23H2. The van der Waals surface area contributed by atoms with Crippen LogP contribution < -0.4 is 9.47 Å². The number of rotatable bonds is 12. The second-order valence-corrected chi connectivity index (χ2v) is 9.46. The van der Waals surface area contributed by atoms with Crippen LogP contribution in [0.4, 0.5) is 0 Å². The Hall–Kier alpha value is -3.60. The molecule has 5 rings (SSSR count). The van der Waals surface area contributed by atoms with E-state index in [-0.39, 0.29) is 13.2 Å². The minimum atomic E-state index is 0.198. The molecule has 0 saturated heterocycles. The van der Waals surface area contributed by atoms with Gasteiger partial charge in [-0.15, -0.1) is 0 Å². The van der Waals surface area contributed by atoms with Crippen LogP contribution in [-0.4, -0.2) is 36.6 Å². The quantitative estimate of drug-likeness (QED) is 0.185. The number of hydrogen-bond donors (Lipinski definition) is 2. The first-order valence-electron chi connectivity index (χ1n) is 13.2. The maximum Gasteiger partial charge on any atom is 0.119 e. The van der Waals surface area contributed by atoms with Crippen LogP contribution in [0.25, 0.3) is 33.4 Å². The molecular formula is C33H34O4. The topological polar surface area (TPSA) is 58.9 Å². The van der Waals surface area contributed by atoms with E-state index in [2.05, 4.69) is 60.7 Å². The van der Waals surface area contributed by atoms with Gasteiger partial charge in [0.05, 0.1) is 13.2 Å². The van der Waals surface area contributed by atoms with Gasteiger partial charge in [-0.3, -0.25) is 0 Å². The van der Waals surface area contributed by atoms with E-state index in [0.29, 0.717) is 13.2 Å². The highest BCUT2D eigenvalue weighted by Gasteiger charge is 2.24. The molecule has 0 aliphatic heterocycles. The van der Waals surface area contributed by atoms with Gasteiger partial charge >= 0.3 is 0 Å². The van der Waals surface area contributed by atoms with Crippen molar-refractivity contribution in [3.63, 3.8) is 0 Å². The summed E-state index contributed by atoms with van der Waals surface area (Å²) in [6.07, 6.45) is 4.11. The van der Waals surface area contributed by atoms with E-state index in [4.69, 9.17) is 19.7 Å². The minimum absolute atomic E-state index is 0.198. The zero-order valence-corrected chi connectivity index (χ0v) is 21.2. The third-order valence-corrected chi connectivity index (χ3v) is 6.94. The minimum Gasteiger partial charge on any atom is -0.494 e. The van der Waals surface area contributed by atoms with E-state index in [1.54, 1.807) is 0 Å². The van der Waals surface area contributed by atoms with E-state index < -0.39 is 0 Å². The van der Waals surface area contributed by atoms with Gasteiger partial charge in [-0.1, -0.05) is 60.7 Å². The molecule has 0 aromatic heterocycles.